The zero-order valence-electron chi connectivity index (χ0n) is 46.6. The van der Waals surface area contributed by atoms with Gasteiger partial charge in [0, 0.05) is 70.9 Å². The lowest BCUT2D eigenvalue weighted by Gasteiger charge is -2.42. The minimum Gasteiger partial charge on any atom is -0.462 e. The molecule has 1 aromatic rings. The van der Waals surface area contributed by atoms with Crippen LogP contribution in [0.4, 0.5) is 0 Å². The van der Waals surface area contributed by atoms with Gasteiger partial charge < -0.3 is 52.8 Å². The fourth-order valence-electron chi connectivity index (χ4n) is 11.2. The maximum absolute atomic E-state index is 14.6. The number of aliphatic hydroxyl groups excluding tert-OH is 1. The van der Waals surface area contributed by atoms with Gasteiger partial charge in [0.1, 0.15) is 43.3 Å². The lowest BCUT2D eigenvalue weighted by molar-refractivity contribution is -0.265. The van der Waals surface area contributed by atoms with Crippen molar-refractivity contribution >= 4 is 35.2 Å². The fraction of sp³-hybridized carbons (Fsp3) is 0.707. The number of carbonyl (C=O) groups excluding carboxylic acids is 6. The number of cyclic esters (lactones) is 1. The number of Topliss-reactive ketones (excluding diaryl/α,β-unsaturated/α-hetero) is 3. The summed E-state index contributed by atoms with van der Waals surface area (Å²) in [6.07, 6.45) is 16.2. The van der Waals surface area contributed by atoms with E-state index in [9.17, 15) is 39.0 Å². The number of methoxy groups -OCH3 is 3. The largest absolute Gasteiger partial charge is 0.462 e. The molecule has 2 bridgehead atoms. The first-order chi connectivity index (χ1) is 36.2. The molecule has 5 rings (SSSR count). The van der Waals surface area contributed by atoms with E-state index in [1.54, 1.807) is 58.0 Å². The number of amides is 1. The van der Waals surface area contributed by atoms with E-state index < -0.39 is 83.7 Å². The van der Waals surface area contributed by atoms with Crippen LogP contribution >= 0.6 is 0 Å². The smallest absolute Gasteiger partial charge is 0.329 e. The Kier molecular flexibility index (Phi) is 24.4. The van der Waals surface area contributed by atoms with Crippen molar-refractivity contribution in [1.82, 2.24) is 14.5 Å². The first-order valence-electron chi connectivity index (χ1n) is 27.4. The second-order valence-electron chi connectivity index (χ2n) is 21.9. The summed E-state index contributed by atoms with van der Waals surface area (Å²) in [4.78, 5) is 88.9. The maximum Gasteiger partial charge on any atom is 0.329 e. The van der Waals surface area contributed by atoms with Gasteiger partial charge in [0.25, 0.3) is 11.7 Å². The van der Waals surface area contributed by atoms with Crippen molar-refractivity contribution < 1.29 is 72.1 Å². The number of imidazole rings is 1. The SMILES string of the molecule is CO[C@H]1C[C@@H]2CC[C@@H](C)[C@@](O)(O2)C(=O)C(=O)N2CCCC[C@H]2C(=O)O[C@H]([C@H](C)C[C@H]2CC[C@@H](OCCOC(=O)Cn3ccnc3)[C@H](OC)C2)CC(=O)[C@H](C)/C=C(\C)[C@@H](O)[C@@H](OC)C(=O)[C@H](C)C[C@H](C)/C=C/C=C/C=C/1C. The predicted octanol–water partition coefficient (Wildman–Crippen LogP) is 6.64. The number of hydrogen-bond acceptors (Lipinski definition) is 16. The van der Waals surface area contributed by atoms with Gasteiger partial charge in [-0.15, -0.1) is 0 Å². The van der Waals surface area contributed by atoms with Crippen molar-refractivity contribution in [2.45, 2.75) is 187 Å². The van der Waals surface area contributed by atoms with E-state index in [0.717, 1.165) is 12.0 Å². The predicted molar refractivity (Wildman–Crippen MR) is 282 cm³/mol. The third kappa shape index (κ3) is 17.2. The third-order valence-electron chi connectivity index (χ3n) is 16.0. The highest BCUT2D eigenvalue weighted by Gasteiger charge is 2.53. The van der Waals surface area contributed by atoms with E-state index in [4.69, 9.17) is 33.2 Å². The lowest BCUT2D eigenvalue weighted by Crippen LogP contribution is -2.61. The van der Waals surface area contributed by atoms with E-state index in [-0.39, 0.29) is 80.7 Å². The molecule has 15 atom stereocenters. The molecule has 1 amide bonds. The van der Waals surface area contributed by atoms with Crippen molar-refractivity contribution in [2.24, 2.45) is 35.5 Å². The second-order valence-corrected chi connectivity index (χ2v) is 21.9. The number of fused-ring (bicyclic) bond motifs is 3. The molecule has 2 saturated heterocycles. The van der Waals surface area contributed by atoms with Crippen LogP contribution in [0.25, 0.3) is 0 Å². The molecule has 76 heavy (non-hydrogen) atoms. The Balaban J connectivity index is 1.39. The van der Waals surface area contributed by atoms with E-state index in [2.05, 4.69) is 4.98 Å². The number of esters is 2. The number of ketones is 3. The van der Waals surface area contributed by atoms with Gasteiger partial charge in [0.05, 0.1) is 37.4 Å². The van der Waals surface area contributed by atoms with Gasteiger partial charge in [-0.2, -0.15) is 0 Å². The topological polar surface area (TPSA) is 229 Å². The Morgan fingerprint density at radius 1 is 0.882 bits per heavy atom. The van der Waals surface area contributed by atoms with Crippen molar-refractivity contribution in [3.8, 4) is 0 Å². The number of aromatic nitrogens is 2. The fourth-order valence-corrected chi connectivity index (χ4v) is 11.2. The first-order valence-corrected chi connectivity index (χ1v) is 27.4. The minimum atomic E-state index is -2.45. The molecular weight excluding hydrogens is 979 g/mol. The standard InChI is InChI=1S/C58H87N3O15/c1-36-16-12-11-13-17-37(2)48(70-8)32-44-21-19-42(7)58(69,76-44)55(66)56(67)61-24-15-14-18-45(61)57(68)75-49(33-46(62)38(3)29-41(6)53(65)54(72-10)52(64)40(5)28-36)39(4)30-43-20-22-47(50(31-43)71-9)73-26-27-74-51(63)34-60-25-23-59-35-60/h11-13,16-17,23,25,29,35-36,38-40,42-45,47-50,53-54,65,69H,14-15,18-22,24,26-28,30-34H2,1-10H3/b13-11+,16-12+,37-17+,41-29+/t36-,38-,39-,40-,42-,43-,44+,45+,47-,48+,49+,50-,53-,54+,58-/m1/s1. The molecule has 18 heteroatoms. The molecule has 4 heterocycles. The number of allylic oxidation sites excluding steroid dienone is 6. The number of piperidine rings is 1. The number of rotatable bonds is 12. The van der Waals surface area contributed by atoms with Gasteiger partial charge in [0.15, 0.2) is 5.78 Å². The average Bonchev–Trinajstić information content (AvgIpc) is 3.92. The van der Waals surface area contributed by atoms with Crippen LogP contribution in [-0.2, 0) is 68.5 Å². The summed E-state index contributed by atoms with van der Waals surface area (Å²) in [5.74, 6) is -8.61. The van der Waals surface area contributed by atoms with E-state index >= 15 is 0 Å². The van der Waals surface area contributed by atoms with Crippen molar-refractivity contribution in [2.75, 3.05) is 41.1 Å². The third-order valence-corrected chi connectivity index (χ3v) is 16.0. The van der Waals surface area contributed by atoms with Crippen LogP contribution in [0.2, 0.25) is 0 Å². The summed E-state index contributed by atoms with van der Waals surface area (Å²) in [7, 11) is 4.57. The van der Waals surface area contributed by atoms with Crippen LogP contribution in [0, 0.1) is 35.5 Å². The highest BCUT2D eigenvalue weighted by atomic mass is 16.6. The normalized spacial score (nSPS) is 36.2. The monoisotopic (exact) mass is 1070 g/mol. The molecular formula is C58H87N3O15. The highest BCUT2D eigenvalue weighted by molar-refractivity contribution is 6.39. The van der Waals surface area contributed by atoms with Crippen LogP contribution in [0.15, 0.2) is 66.3 Å². The molecule has 1 aliphatic carbocycles. The summed E-state index contributed by atoms with van der Waals surface area (Å²) < 4.78 is 43.0. The minimum absolute atomic E-state index is 0.00397. The number of nitrogens with zero attached hydrogens (tertiary/aromatic N) is 3. The molecule has 18 nitrogen and oxygen atoms in total. The van der Waals surface area contributed by atoms with Crippen LogP contribution in [0.5, 0.6) is 0 Å². The van der Waals surface area contributed by atoms with Gasteiger partial charge in [-0.05, 0) is 107 Å². The molecule has 2 N–H and O–H groups in total. The van der Waals surface area contributed by atoms with E-state index in [1.807, 2.05) is 58.1 Å². The highest BCUT2D eigenvalue weighted by Crippen LogP contribution is 2.38. The Morgan fingerprint density at radius 3 is 2.34 bits per heavy atom. The first kappa shape index (κ1) is 62.2. The van der Waals surface area contributed by atoms with Crippen LogP contribution in [0.3, 0.4) is 0 Å². The zero-order valence-corrected chi connectivity index (χ0v) is 46.6. The van der Waals surface area contributed by atoms with Gasteiger partial charge >= 0.3 is 11.9 Å². The quantitative estimate of drug-likeness (QED) is 0.0967. The summed E-state index contributed by atoms with van der Waals surface area (Å²) in [5, 5.41) is 23.6. The second kappa shape index (κ2) is 29.9. The number of ether oxygens (including phenoxy) is 7. The van der Waals surface area contributed by atoms with Crippen molar-refractivity contribution in [3.05, 3.63) is 66.3 Å². The Morgan fingerprint density at radius 2 is 1.64 bits per heavy atom. The zero-order chi connectivity index (χ0) is 55.7. The van der Waals surface area contributed by atoms with E-state index in [0.29, 0.717) is 63.4 Å². The molecule has 3 aliphatic heterocycles. The van der Waals surface area contributed by atoms with Crippen LogP contribution in [-0.4, -0.2) is 156 Å². The molecule has 3 fully saturated rings. The van der Waals surface area contributed by atoms with Gasteiger partial charge in [-0.3, -0.25) is 24.0 Å². The lowest BCUT2D eigenvalue weighted by atomic mass is 9.78. The molecule has 4 aliphatic rings. The van der Waals surface area contributed by atoms with Crippen molar-refractivity contribution in [1.29, 1.82) is 0 Å². The molecule has 424 valence electrons. The Hall–Kier alpha value is -4.69. The maximum atomic E-state index is 14.6. The summed E-state index contributed by atoms with van der Waals surface area (Å²) in [6, 6.07) is -1.17. The van der Waals surface area contributed by atoms with Gasteiger partial charge in [0.2, 0.25) is 5.79 Å². The van der Waals surface area contributed by atoms with E-state index in [1.165, 1.54) is 18.3 Å². The number of hydrogen-bond donors (Lipinski definition) is 2. The Labute approximate surface area is 449 Å². The summed E-state index contributed by atoms with van der Waals surface area (Å²) in [5.41, 5.74) is 1.25. The molecule has 0 spiro atoms. The molecule has 0 radical (unpaired) electrons. The molecule has 0 unspecified atom stereocenters. The molecule has 1 aromatic heterocycles. The number of aliphatic hydroxyl groups is 2. The summed E-state index contributed by atoms with van der Waals surface area (Å²) >= 11 is 0. The van der Waals surface area contributed by atoms with Gasteiger partial charge in [-0.1, -0.05) is 71.1 Å². The average molecular weight is 1070 g/mol. The van der Waals surface area contributed by atoms with Crippen molar-refractivity contribution in [3.63, 3.8) is 0 Å². The number of carbonyl (C=O) groups is 6. The molecule has 0 aromatic carbocycles. The van der Waals surface area contributed by atoms with Crippen LogP contribution in [0.1, 0.15) is 126 Å². The summed E-state index contributed by atoms with van der Waals surface area (Å²) in [6.45, 7) is 13.0. The van der Waals surface area contributed by atoms with Gasteiger partial charge in [-0.25, -0.2) is 9.78 Å². The van der Waals surface area contributed by atoms with Crippen LogP contribution < -0.4 is 0 Å². The Bertz CT molecular complexity index is 2210. The molecule has 1 saturated carbocycles.